The van der Waals surface area contributed by atoms with Crippen molar-refractivity contribution in [2.45, 2.75) is 30.4 Å². The smallest absolute Gasteiger partial charge is 0.288 e. The van der Waals surface area contributed by atoms with Crippen molar-refractivity contribution in [3.05, 3.63) is 23.8 Å². The van der Waals surface area contributed by atoms with Crippen molar-refractivity contribution in [1.82, 2.24) is 0 Å². The molecule has 2 rings (SSSR count). The number of carbonyl (C=O) groups is 1. The lowest BCUT2D eigenvalue weighted by Crippen LogP contribution is -2.69. The predicted molar refractivity (Wildman–Crippen MR) is 73.9 cm³/mol. The Labute approximate surface area is 131 Å². The van der Waals surface area contributed by atoms with Crippen LogP contribution in [-0.2, 0) is 4.74 Å². The zero-order valence-corrected chi connectivity index (χ0v) is 12.2. The Morgan fingerprint density at radius 1 is 1.30 bits per heavy atom. The highest BCUT2D eigenvalue weighted by atomic mass is 16.7. The molecule has 1 aliphatic rings. The van der Waals surface area contributed by atoms with Crippen LogP contribution in [0.3, 0.4) is 0 Å². The average molecular weight is 330 g/mol. The van der Waals surface area contributed by atoms with Crippen LogP contribution in [0.5, 0.6) is 11.5 Å². The average Bonchev–Trinajstić information content (AvgIpc) is 2.57. The number of methoxy groups -OCH3 is 1. The number of hydrogen-bond donors (Lipinski definition) is 5. The minimum atomic E-state index is -2.71. The third kappa shape index (κ3) is 3.15. The molecule has 1 heterocycles. The van der Waals surface area contributed by atoms with Gasteiger partial charge in [-0.1, -0.05) is 0 Å². The molecule has 1 aromatic carbocycles. The van der Waals surface area contributed by atoms with E-state index in [0.717, 1.165) is 0 Å². The van der Waals surface area contributed by atoms with Gasteiger partial charge in [0.15, 0.2) is 17.6 Å². The van der Waals surface area contributed by atoms with Gasteiger partial charge in [0, 0.05) is 5.56 Å². The fraction of sp³-hybridized carbons (Fsp3) is 0.500. The van der Waals surface area contributed by atoms with Crippen LogP contribution in [-0.4, -0.2) is 75.9 Å². The van der Waals surface area contributed by atoms with Crippen LogP contribution in [0, 0.1) is 0 Å². The number of hydrogen-bond acceptors (Lipinski definition) is 9. The summed E-state index contributed by atoms with van der Waals surface area (Å²) >= 11 is 0. The van der Waals surface area contributed by atoms with Crippen molar-refractivity contribution in [1.29, 1.82) is 0 Å². The van der Waals surface area contributed by atoms with E-state index in [9.17, 15) is 25.2 Å². The lowest BCUT2D eigenvalue weighted by Gasteiger charge is -2.45. The van der Waals surface area contributed by atoms with E-state index in [2.05, 4.69) is 0 Å². The molecule has 128 valence electrons. The number of aliphatic hydroxyl groups excluding tert-OH is 4. The van der Waals surface area contributed by atoms with Gasteiger partial charge in [0.05, 0.1) is 13.7 Å². The third-order valence-corrected chi connectivity index (χ3v) is 3.56. The summed E-state index contributed by atoms with van der Waals surface area (Å²) in [6, 6.07) is 3.97. The monoisotopic (exact) mass is 330 g/mol. The van der Waals surface area contributed by atoms with Crippen molar-refractivity contribution in [2.24, 2.45) is 0 Å². The topological polar surface area (TPSA) is 146 Å². The Balaban J connectivity index is 2.32. The second-order valence-electron chi connectivity index (χ2n) is 5.03. The van der Waals surface area contributed by atoms with E-state index in [4.69, 9.17) is 19.3 Å². The standard InChI is InChI=1S/C14H18O9/c1-21-9-4-7(5-15)2-3-8(9)23-14(20)12(18)11(17)10(6-16)22-13(14)19/h2-5,10-13,16-20H,6H2,1H3/t10-,11-,12+,13-,14+/m1/s1. The SMILES string of the molecule is COc1cc(C=O)ccc1O[C@]1(O)[C@H](O)O[C@H](CO)[C@@H](O)[C@@H]1O. The first-order valence-corrected chi connectivity index (χ1v) is 6.72. The normalized spacial score (nSPS) is 34.0. The molecule has 0 spiro atoms. The van der Waals surface area contributed by atoms with Crippen molar-refractivity contribution < 1.29 is 44.5 Å². The van der Waals surface area contributed by atoms with Crippen LogP contribution >= 0.6 is 0 Å². The first-order chi connectivity index (χ1) is 10.9. The maximum Gasteiger partial charge on any atom is 0.288 e. The molecule has 1 aromatic rings. The van der Waals surface area contributed by atoms with Gasteiger partial charge in [-0.25, -0.2) is 0 Å². The van der Waals surface area contributed by atoms with E-state index in [1.165, 1.54) is 25.3 Å². The minimum Gasteiger partial charge on any atom is -0.493 e. The van der Waals surface area contributed by atoms with Gasteiger partial charge < -0.3 is 39.7 Å². The van der Waals surface area contributed by atoms with Gasteiger partial charge in [-0.3, -0.25) is 4.79 Å². The molecule has 0 aromatic heterocycles. The Morgan fingerprint density at radius 2 is 2.00 bits per heavy atom. The summed E-state index contributed by atoms with van der Waals surface area (Å²) < 4.78 is 15.1. The first-order valence-electron chi connectivity index (χ1n) is 6.72. The molecule has 0 amide bonds. The Kier molecular flexibility index (Phi) is 5.19. The molecule has 1 saturated heterocycles. The Morgan fingerprint density at radius 3 is 2.57 bits per heavy atom. The van der Waals surface area contributed by atoms with Gasteiger partial charge in [-0.05, 0) is 18.2 Å². The number of carbonyl (C=O) groups excluding carboxylic acids is 1. The van der Waals surface area contributed by atoms with Crippen molar-refractivity contribution in [3.8, 4) is 11.5 Å². The molecule has 1 aliphatic heterocycles. The maximum absolute atomic E-state index is 10.8. The summed E-state index contributed by atoms with van der Waals surface area (Å²) in [5.41, 5.74) is 0.280. The largest absolute Gasteiger partial charge is 0.493 e. The lowest BCUT2D eigenvalue weighted by atomic mass is 9.96. The molecular formula is C14H18O9. The van der Waals surface area contributed by atoms with E-state index in [-0.39, 0.29) is 17.1 Å². The maximum atomic E-state index is 10.8. The molecule has 5 N–H and O–H groups in total. The zero-order chi connectivity index (χ0) is 17.2. The molecule has 5 atom stereocenters. The number of aldehydes is 1. The van der Waals surface area contributed by atoms with Crippen molar-refractivity contribution in [2.75, 3.05) is 13.7 Å². The number of rotatable bonds is 5. The molecule has 0 radical (unpaired) electrons. The summed E-state index contributed by atoms with van der Waals surface area (Å²) in [4.78, 5) is 10.8. The highest BCUT2D eigenvalue weighted by molar-refractivity contribution is 5.76. The van der Waals surface area contributed by atoms with E-state index in [0.29, 0.717) is 6.29 Å². The fourth-order valence-corrected chi connectivity index (χ4v) is 2.22. The van der Waals surface area contributed by atoms with E-state index >= 15 is 0 Å². The molecule has 9 nitrogen and oxygen atoms in total. The van der Waals surface area contributed by atoms with Gasteiger partial charge >= 0.3 is 0 Å². The van der Waals surface area contributed by atoms with Gasteiger partial charge in [0.25, 0.3) is 5.79 Å². The summed E-state index contributed by atoms with van der Waals surface area (Å²) in [5, 5.41) is 49.1. The van der Waals surface area contributed by atoms with Gasteiger partial charge in [0.2, 0.25) is 6.29 Å². The van der Waals surface area contributed by atoms with Crippen molar-refractivity contribution >= 4 is 6.29 Å². The van der Waals surface area contributed by atoms with Crippen LogP contribution < -0.4 is 9.47 Å². The first kappa shape index (κ1) is 17.6. The fourth-order valence-electron chi connectivity index (χ4n) is 2.22. The van der Waals surface area contributed by atoms with Crippen molar-refractivity contribution in [3.63, 3.8) is 0 Å². The summed E-state index contributed by atoms with van der Waals surface area (Å²) in [6.45, 7) is -0.678. The van der Waals surface area contributed by atoms with Crippen LogP contribution in [0.25, 0.3) is 0 Å². The van der Waals surface area contributed by atoms with E-state index < -0.39 is 37.0 Å². The van der Waals surface area contributed by atoms with Gasteiger partial charge in [-0.15, -0.1) is 0 Å². The van der Waals surface area contributed by atoms with Crippen LogP contribution in [0.4, 0.5) is 0 Å². The second kappa shape index (κ2) is 6.79. The van der Waals surface area contributed by atoms with Crippen LogP contribution in [0.2, 0.25) is 0 Å². The van der Waals surface area contributed by atoms with Gasteiger partial charge in [-0.2, -0.15) is 0 Å². The molecule has 9 heteroatoms. The summed E-state index contributed by atoms with van der Waals surface area (Å²) in [5.74, 6) is -2.75. The van der Waals surface area contributed by atoms with E-state index in [1.54, 1.807) is 0 Å². The summed E-state index contributed by atoms with van der Waals surface area (Å²) in [6.07, 6.45) is -6.44. The molecular weight excluding hydrogens is 312 g/mol. The van der Waals surface area contributed by atoms with Crippen LogP contribution in [0.1, 0.15) is 10.4 Å². The molecule has 0 aliphatic carbocycles. The molecule has 1 fully saturated rings. The van der Waals surface area contributed by atoms with E-state index in [1.807, 2.05) is 0 Å². The molecule has 0 saturated carbocycles. The minimum absolute atomic E-state index is 0.0567. The lowest BCUT2D eigenvalue weighted by molar-refractivity contribution is -0.385. The van der Waals surface area contributed by atoms with Gasteiger partial charge in [0.1, 0.15) is 18.5 Å². The zero-order valence-electron chi connectivity index (χ0n) is 12.2. The number of ether oxygens (including phenoxy) is 3. The highest BCUT2D eigenvalue weighted by Crippen LogP contribution is 2.36. The Bertz CT molecular complexity index is 563. The molecule has 23 heavy (non-hydrogen) atoms. The quantitative estimate of drug-likeness (QED) is 0.306. The molecule has 0 bridgehead atoms. The summed E-state index contributed by atoms with van der Waals surface area (Å²) in [7, 11) is 1.29. The molecule has 0 unspecified atom stereocenters. The number of benzene rings is 1. The highest BCUT2D eigenvalue weighted by Gasteiger charge is 2.57. The Hall–Kier alpha value is -1.75. The third-order valence-electron chi connectivity index (χ3n) is 3.56. The second-order valence-corrected chi connectivity index (χ2v) is 5.03. The predicted octanol–water partition coefficient (Wildman–Crippen LogP) is -1.99. The number of aliphatic hydroxyl groups is 5. The van der Waals surface area contributed by atoms with Crippen LogP contribution in [0.15, 0.2) is 18.2 Å².